The molecule has 1 amide bonds. The normalized spacial score (nSPS) is 11.7. The van der Waals surface area contributed by atoms with Crippen LogP contribution in [0.5, 0.6) is 0 Å². The number of nitro benzene ring substituents is 1. The van der Waals surface area contributed by atoms with E-state index >= 15 is 0 Å². The summed E-state index contributed by atoms with van der Waals surface area (Å²) in [5, 5.41) is 13.0. The Morgan fingerprint density at radius 3 is 2.33 bits per heavy atom. The summed E-state index contributed by atoms with van der Waals surface area (Å²) in [6.07, 6.45) is 0.349. The van der Waals surface area contributed by atoms with E-state index in [4.69, 9.17) is 0 Å². The first-order valence-corrected chi connectivity index (χ1v) is 5.53. The molecule has 0 radical (unpaired) electrons. The van der Waals surface area contributed by atoms with Crippen molar-refractivity contribution in [2.75, 3.05) is 0 Å². The number of carbonyl (C=O) groups is 2. The van der Waals surface area contributed by atoms with Crippen LogP contribution in [-0.2, 0) is 4.79 Å². The van der Waals surface area contributed by atoms with Crippen LogP contribution in [0.3, 0.4) is 0 Å². The number of non-ortho nitro benzene ring substituents is 1. The van der Waals surface area contributed by atoms with Gasteiger partial charge in [-0.2, -0.15) is 0 Å². The zero-order valence-corrected chi connectivity index (χ0v) is 10.2. The summed E-state index contributed by atoms with van der Waals surface area (Å²) in [7, 11) is 0. The van der Waals surface area contributed by atoms with Gasteiger partial charge in [0, 0.05) is 24.1 Å². The van der Waals surface area contributed by atoms with Crippen LogP contribution >= 0.6 is 0 Å². The van der Waals surface area contributed by atoms with Crippen molar-refractivity contribution >= 4 is 17.4 Å². The number of Topliss-reactive ketones (excluding diaryl/α,β-unsaturated/α-hetero) is 1. The molecule has 1 N–H and O–H groups in total. The van der Waals surface area contributed by atoms with Crippen molar-refractivity contribution in [3.05, 3.63) is 39.9 Å². The second-order valence-electron chi connectivity index (χ2n) is 3.82. The van der Waals surface area contributed by atoms with Crippen molar-refractivity contribution in [3.63, 3.8) is 0 Å². The van der Waals surface area contributed by atoms with Crippen LogP contribution in [0.4, 0.5) is 5.69 Å². The lowest BCUT2D eigenvalue weighted by Gasteiger charge is -2.11. The lowest BCUT2D eigenvalue weighted by molar-refractivity contribution is -0.384. The van der Waals surface area contributed by atoms with Gasteiger partial charge in [-0.3, -0.25) is 19.7 Å². The molecule has 1 aromatic rings. The fraction of sp³-hybridized carbons (Fsp3) is 0.333. The van der Waals surface area contributed by atoms with Gasteiger partial charge in [0.1, 0.15) is 0 Å². The minimum atomic E-state index is -0.558. The van der Waals surface area contributed by atoms with Gasteiger partial charge in [-0.25, -0.2) is 0 Å². The second-order valence-corrected chi connectivity index (χ2v) is 3.82. The first kappa shape index (κ1) is 13.8. The van der Waals surface area contributed by atoms with Gasteiger partial charge in [0.25, 0.3) is 11.6 Å². The molecule has 1 unspecified atom stereocenters. The predicted molar refractivity (Wildman–Crippen MR) is 65.3 cm³/mol. The molecule has 0 aliphatic carbocycles. The number of ketones is 1. The fourth-order valence-electron chi connectivity index (χ4n) is 1.40. The van der Waals surface area contributed by atoms with Gasteiger partial charge >= 0.3 is 0 Å². The molecule has 0 saturated carbocycles. The van der Waals surface area contributed by atoms with Gasteiger partial charge in [0.15, 0.2) is 5.78 Å². The molecule has 0 aromatic heterocycles. The summed E-state index contributed by atoms with van der Waals surface area (Å²) in [4.78, 5) is 33.0. The monoisotopic (exact) mass is 250 g/mol. The maximum absolute atomic E-state index is 11.7. The smallest absolute Gasteiger partial charge is 0.269 e. The van der Waals surface area contributed by atoms with Crippen molar-refractivity contribution in [1.29, 1.82) is 0 Å². The van der Waals surface area contributed by atoms with Crippen LogP contribution in [0.25, 0.3) is 0 Å². The number of amides is 1. The maximum Gasteiger partial charge on any atom is 0.269 e. The quantitative estimate of drug-likeness (QED) is 0.636. The molecule has 96 valence electrons. The zero-order valence-electron chi connectivity index (χ0n) is 10.2. The van der Waals surface area contributed by atoms with E-state index in [0.29, 0.717) is 6.42 Å². The lowest BCUT2D eigenvalue weighted by atomic mass is 10.1. The van der Waals surface area contributed by atoms with Crippen LogP contribution in [0.2, 0.25) is 0 Å². The van der Waals surface area contributed by atoms with Crippen molar-refractivity contribution in [2.24, 2.45) is 0 Å². The van der Waals surface area contributed by atoms with Gasteiger partial charge in [-0.15, -0.1) is 0 Å². The largest absolute Gasteiger partial charge is 0.343 e. The highest BCUT2D eigenvalue weighted by Crippen LogP contribution is 2.11. The second kappa shape index (κ2) is 5.90. The first-order chi connectivity index (χ1) is 8.45. The molecule has 6 nitrogen and oxygen atoms in total. The summed E-state index contributed by atoms with van der Waals surface area (Å²) in [6, 6.07) is 4.66. The number of hydrogen-bond acceptors (Lipinski definition) is 4. The molecule has 0 bridgehead atoms. The van der Waals surface area contributed by atoms with E-state index in [9.17, 15) is 19.7 Å². The van der Waals surface area contributed by atoms with E-state index in [1.165, 1.54) is 24.3 Å². The molecule has 18 heavy (non-hydrogen) atoms. The van der Waals surface area contributed by atoms with Crippen LogP contribution in [-0.4, -0.2) is 22.7 Å². The summed E-state index contributed by atoms with van der Waals surface area (Å²) < 4.78 is 0. The first-order valence-electron chi connectivity index (χ1n) is 5.53. The number of carbonyl (C=O) groups excluding carboxylic acids is 2. The number of nitrogens with zero attached hydrogens (tertiary/aromatic N) is 1. The third-order valence-electron chi connectivity index (χ3n) is 2.52. The molecule has 0 spiro atoms. The van der Waals surface area contributed by atoms with E-state index in [1.807, 2.05) is 0 Å². The van der Waals surface area contributed by atoms with E-state index < -0.39 is 16.9 Å². The molecule has 0 aliphatic heterocycles. The Kier molecular flexibility index (Phi) is 4.53. The van der Waals surface area contributed by atoms with Gasteiger partial charge in [-0.05, 0) is 19.1 Å². The SMILES string of the molecule is CCC(=O)C(C)NC(=O)c1ccc([N+](=O)[O-])cc1. The third kappa shape index (κ3) is 3.38. The molecule has 6 heteroatoms. The number of hydrogen-bond donors (Lipinski definition) is 1. The van der Waals surface area contributed by atoms with Crippen molar-refractivity contribution in [2.45, 2.75) is 26.3 Å². The number of nitrogens with one attached hydrogen (secondary N) is 1. The molecule has 0 heterocycles. The van der Waals surface area contributed by atoms with Crippen molar-refractivity contribution < 1.29 is 14.5 Å². The summed E-state index contributed by atoms with van der Waals surface area (Å²) in [5.41, 5.74) is 0.209. The standard InChI is InChI=1S/C12H14N2O4/c1-3-11(15)8(2)13-12(16)9-4-6-10(7-5-9)14(17)18/h4-8H,3H2,1-2H3,(H,13,16). The number of benzene rings is 1. The summed E-state index contributed by atoms with van der Waals surface area (Å²) in [5.74, 6) is -0.482. The minimum Gasteiger partial charge on any atom is -0.343 e. The average Bonchev–Trinajstić information content (AvgIpc) is 2.37. The molecule has 0 saturated heterocycles. The number of nitro groups is 1. The highest BCUT2D eigenvalue weighted by Gasteiger charge is 2.15. The lowest BCUT2D eigenvalue weighted by Crippen LogP contribution is -2.38. The van der Waals surface area contributed by atoms with E-state index in [2.05, 4.69) is 5.32 Å². The molecule has 1 aromatic carbocycles. The Morgan fingerprint density at radius 1 is 1.33 bits per heavy atom. The fourth-order valence-corrected chi connectivity index (χ4v) is 1.40. The van der Waals surface area contributed by atoms with Crippen LogP contribution in [0, 0.1) is 10.1 Å². The van der Waals surface area contributed by atoms with Crippen LogP contribution in [0.15, 0.2) is 24.3 Å². The van der Waals surface area contributed by atoms with Crippen LogP contribution in [0.1, 0.15) is 30.6 Å². The van der Waals surface area contributed by atoms with Gasteiger partial charge in [0.2, 0.25) is 0 Å². The Labute approximate surface area is 104 Å². The zero-order chi connectivity index (χ0) is 13.7. The molecule has 0 fully saturated rings. The molecule has 1 rings (SSSR count). The number of rotatable bonds is 5. The topological polar surface area (TPSA) is 89.3 Å². The Bertz CT molecular complexity index is 467. The molecular formula is C12H14N2O4. The Balaban J connectivity index is 2.73. The van der Waals surface area contributed by atoms with Crippen molar-refractivity contribution in [3.8, 4) is 0 Å². The highest BCUT2D eigenvalue weighted by molar-refractivity contribution is 5.97. The van der Waals surface area contributed by atoms with E-state index in [1.54, 1.807) is 13.8 Å². The van der Waals surface area contributed by atoms with Gasteiger partial charge in [-0.1, -0.05) is 6.92 Å². The molecular weight excluding hydrogens is 236 g/mol. The Morgan fingerprint density at radius 2 is 1.89 bits per heavy atom. The third-order valence-corrected chi connectivity index (χ3v) is 2.52. The van der Waals surface area contributed by atoms with Crippen LogP contribution < -0.4 is 5.32 Å². The highest BCUT2D eigenvalue weighted by atomic mass is 16.6. The van der Waals surface area contributed by atoms with Gasteiger partial charge in [0.05, 0.1) is 11.0 Å². The van der Waals surface area contributed by atoms with Gasteiger partial charge < -0.3 is 5.32 Å². The predicted octanol–water partition coefficient (Wildman–Crippen LogP) is 1.69. The summed E-state index contributed by atoms with van der Waals surface area (Å²) in [6.45, 7) is 3.33. The summed E-state index contributed by atoms with van der Waals surface area (Å²) >= 11 is 0. The molecule has 0 aliphatic rings. The van der Waals surface area contributed by atoms with E-state index in [-0.39, 0.29) is 17.0 Å². The minimum absolute atomic E-state index is 0.0646. The Hall–Kier alpha value is -2.24. The molecule has 1 atom stereocenters. The van der Waals surface area contributed by atoms with Crippen molar-refractivity contribution in [1.82, 2.24) is 5.32 Å². The average molecular weight is 250 g/mol. The maximum atomic E-state index is 11.7. The van der Waals surface area contributed by atoms with E-state index in [0.717, 1.165) is 0 Å².